The second-order valence-corrected chi connectivity index (χ2v) is 7.26. The van der Waals surface area contributed by atoms with Crippen molar-refractivity contribution in [2.75, 3.05) is 18.3 Å². The predicted octanol–water partition coefficient (Wildman–Crippen LogP) is 2.78. The molecule has 7 heteroatoms. The number of rotatable bonds is 6. The number of nitrogens with zero attached hydrogens (tertiary/aromatic N) is 2. The maximum absolute atomic E-state index is 12.5. The van der Waals surface area contributed by atoms with Gasteiger partial charge in [0.2, 0.25) is 0 Å². The Morgan fingerprint density at radius 1 is 1.16 bits per heavy atom. The minimum atomic E-state index is -3.73. The molecule has 1 N–H and O–H groups in total. The Hall–Kier alpha value is -2.85. The van der Waals surface area contributed by atoms with Crippen LogP contribution in [0.5, 0.6) is 0 Å². The fraction of sp³-hybridized carbons (Fsp3) is 0.222. The molecule has 0 spiro atoms. The van der Waals surface area contributed by atoms with E-state index < -0.39 is 10.0 Å². The van der Waals surface area contributed by atoms with Gasteiger partial charge in [-0.2, -0.15) is 5.26 Å². The van der Waals surface area contributed by atoms with Gasteiger partial charge in [0, 0.05) is 19.2 Å². The zero-order chi connectivity index (χ0) is 18.4. The molecule has 2 aromatic rings. The van der Waals surface area contributed by atoms with Crippen LogP contribution in [0.4, 0.5) is 5.69 Å². The van der Waals surface area contributed by atoms with Crippen molar-refractivity contribution in [1.82, 2.24) is 4.90 Å². The van der Waals surface area contributed by atoms with Crippen LogP contribution in [0.25, 0.3) is 0 Å². The number of para-hydroxylation sites is 1. The van der Waals surface area contributed by atoms with Gasteiger partial charge in [-0.25, -0.2) is 8.42 Å². The average Bonchev–Trinajstić information content (AvgIpc) is 2.61. The molecule has 25 heavy (non-hydrogen) atoms. The van der Waals surface area contributed by atoms with E-state index >= 15 is 0 Å². The van der Waals surface area contributed by atoms with Crippen LogP contribution < -0.4 is 4.72 Å². The number of anilines is 1. The molecule has 2 aromatic carbocycles. The summed E-state index contributed by atoms with van der Waals surface area (Å²) in [5.74, 6) is -0.258. The second-order valence-electron chi connectivity index (χ2n) is 5.58. The first-order valence-corrected chi connectivity index (χ1v) is 9.14. The highest BCUT2D eigenvalue weighted by Crippen LogP contribution is 2.20. The zero-order valence-electron chi connectivity index (χ0n) is 14.1. The Kier molecular flexibility index (Phi) is 5.78. The molecule has 0 saturated carbocycles. The van der Waals surface area contributed by atoms with E-state index in [2.05, 4.69) is 4.72 Å². The Bertz CT molecular complexity index is 900. The van der Waals surface area contributed by atoms with E-state index in [1.807, 2.05) is 25.1 Å². The van der Waals surface area contributed by atoms with Crippen LogP contribution in [0.15, 0.2) is 53.4 Å². The van der Waals surface area contributed by atoms with Gasteiger partial charge < -0.3 is 4.90 Å². The van der Waals surface area contributed by atoms with Gasteiger partial charge in [-0.3, -0.25) is 9.52 Å². The molecular weight excluding hydrogens is 338 g/mol. The van der Waals surface area contributed by atoms with Crippen LogP contribution in [-0.2, 0) is 10.0 Å². The molecule has 0 fully saturated rings. The van der Waals surface area contributed by atoms with E-state index in [1.54, 1.807) is 19.2 Å². The van der Waals surface area contributed by atoms with Crippen LogP contribution >= 0.6 is 0 Å². The maximum atomic E-state index is 12.5. The highest BCUT2D eigenvalue weighted by Gasteiger charge is 2.17. The molecule has 1 amide bonds. The molecule has 0 saturated heterocycles. The zero-order valence-corrected chi connectivity index (χ0v) is 14.9. The number of nitriles is 1. The highest BCUT2D eigenvalue weighted by atomic mass is 32.2. The van der Waals surface area contributed by atoms with Gasteiger partial charge in [0.25, 0.3) is 15.9 Å². The van der Waals surface area contributed by atoms with Crippen molar-refractivity contribution in [1.29, 1.82) is 5.26 Å². The molecule has 0 bridgehead atoms. The molecule has 2 rings (SSSR count). The van der Waals surface area contributed by atoms with Crippen molar-refractivity contribution in [2.45, 2.75) is 18.2 Å². The van der Waals surface area contributed by atoms with Gasteiger partial charge in [-0.05, 0) is 42.8 Å². The number of benzene rings is 2. The van der Waals surface area contributed by atoms with Gasteiger partial charge in [-0.15, -0.1) is 0 Å². The van der Waals surface area contributed by atoms with Crippen LogP contribution in [0, 0.1) is 18.3 Å². The van der Waals surface area contributed by atoms with Gasteiger partial charge >= 0.3 is 0 Å². The largest absolute Gasteiger partial charge is 0.341 e. The summed E-state index contributed by atoms with van der Waals surface area (Å²) in [7, 11) is -2.13. The highest BCUT2D eigenvalue weighted by molar-refractivity contribution is 7.92. The van der Waals surface area contributed by atoms with Crippen molar-refractivity contribution in [3.8, 4) is 6.07 Å². The number of carbonyl (C=O) groups is 1. The SMILES string of the molecule is Cc1ccccc1NS(=O)(=O)c1ccc(C(=O)N(C)CCC#N)cc1. The van der Waals surface area contributed by atoms with Crippen LogP contribution in [0.2, 0.25) is 0 Å². The van der Waals surface area contributed by atoms with Crippen molar-refractivity contribution in [2.24, 2.45) is 0 Å². The van der Waals surface area contributed by atoms with E-state index in [-0.39, 0.29) is 17.2 Å². The predicted molar refractivity (Wildman–Crippen MR) is 95.6 cm³/mol. The van der Waals surface area contributed by atoms with E-state index in [1.165, 1.54) is 29.2 Å². The molecule has 0 aliphatic heterocycles. The summed E-state index contributed by atoms with van der Waals surface area (Å²) >= 11 is 0. The average molecular weight is 357 g/mol. The van der Waals surface area contributed by atoms with E-state index in [4.69, 9.17) is 5.26 Å². The minimum Gasteiger partial charge on any atom is -0.341 e. The Morgan fingerprint density at radius 3 is 2.40 bits per heavy atom. The molecule has 6 nitrogen and oxygen atoms in total. The van der Waals surface area contributed by atoms with Crippen molar-refractivity contribution in [3.05, 3.63) is 59.7 Å². The van der Waals surface area contributed by atoms with Gasteiger partial charge in [0.15, 0.2) is 0 Å². The third-order valence-corrected chi connectivity index (χ3v) is 5.09. The standard InChI is InChI=1S/C18H19N3O3S/c1-14-6-3-4-7-17(14)20-25(23,24)16-10-8-15(9-11-16)18(22)21(2)13-5-12-19/h3-4,6-11,20H,5,13H2,1-2H3. The lowest BCUT2D eigenvalue weighted by molar-refractivity contribution is 0.0798. The number of carbonyl (C=O) groups excluding carboxylic acids is 1. The number of aryl methyl sites for hydroxylation is 1. The number of sulfonamides is 1. The van der Waals surface area contributed by atoms with Crippen LogP contribution in [-0.4, -0.2) is 32.8 Å². The molecule has 0 aliphatic rings. The molecule has 0 heterocycles. The number of amides is 1. The van der Waals surface area contributed by atoms with Gasteiger partial charge in [-0.1, -0.05) is 18.2 Å². The molecule has 0 aliphatic carbocycles. The third-order valence-electron chi connectivity index (χ3n) is 3.71. The Balaban J connectivity index is 2.17. The first-order valence-electron chi connectivity index (χ1n) is 7.66. The number of hydrogen-bond acceptors (Lipinski definition) is 4. The summed E-state index contributed by atoms with van der Waals surface area (Å²) in [6.07, 6.45) is 0.245. The Labute approximate surface area is 147 Å². The van der Waals surface area contributed by atoms with Gasteiger partial charge in [0.05, 0.1) is 23.1 Å². The smallest absolute Gasteiger partial charge is 0.261 e. The quantitative estimate of drug-likeness (QED) is 0.861. The fourth-order valence-corrected chi connectivity index (χ4v) is 3.34. The summed E-state index contributed by atoms with van der Waals surface area (Å²) in [4.78, 5) is 13.7. The molecular formula is C18H19N3O3S. The lowest BCUT2D eigenvalue weighted by Crippen LogP contribution is -2.27. The van der Waals surface area contributed by atoms with E-state index in [9.17, 15) is 13.2 Å². The van der Waals surface area contributed by atoms with E-state index in [0.717, 1.165) is 5.56 Å². The van der Waals surface area contributed by atoms with E-state index in [0.29, 0.717) is 17.8 Å². The van der Waals surface area contributed by atoms with Crippen LogP contribution in [0.3, 0.4) is 0 Å². The molecule has 0 unspecified atom stereocenters. The summed E-state index contributed by atoms with van der Waals surface area (Å²) in [5, 5.41) is 8.57. The Morgan fingerprint density at radius 2 is 1.80 bits per heavy atom. The summed E-state index contributed by atoms with van der Waals surface area (Å²) in [6.45, 7) is 2.14. The summed E-state index contributed by atoms with van der Waals surface area (Å²) < 4.78 is 27.5. The summed E-state index contributed by atoms with van der Waals surface area (Å²) in [6, 6.07) is 14.8. The first-order chi connectivity index (χ1) is 11.8. The molecule has 0 atom stereocenters. The molecule has 0 aromatic heterocycles. The lowest BCUT2D eigenvalue weighted by atomic mass is 10.2. The number of nitrogens with one attached hydrogen (secondary N) is 1. The fourth-order valence-electron chi connectivity index (χ4n) is 2.21. The molecule has 130 valence electrons. The monoisotopic (exact) mass is 357 g/mol. The second kappa shape index (κ2) is 7.81. The van der Waals surface area contributed by atoms with Crippen LogP contribution in [0.1, 0.15) is 22.3 Å². The summed E-state index contributed by atoms with van der Waals surface area (Å²) in [5.41, 5.74) is 1.70. The minimum absolute atomic E-state index is 0.0759. The first kappa shape index (κ1) is 18.5. The molecule has 0 radical (unpaired) electrons. The van der Waals surface area contributed by atoms with Crippen molar-refractivity contribution < 1.29 is 13.2 Å². The van der Waals surface area contributed by atoms with Gasteiger partial charge in [0.1, 0.15) is 0 Å². The topological polar surface area (TPSA) is 90.3 Å². The normalized spacial score (nSPS) is 10.8. The maximum Gasteiger partial charge on any atom is 0.261 e. The number of hydrogen-bond donors (Lipinski definition) is 1. The third kappa shape index (κ3) is 4.58. The lowest BCUT2D eigenvalue weighted by Gasteiger charge is -2.16. The van der Waals surface area contributed by atoms with Crippen molar-refractivity contribution >= 4 is 21.6 Å². The van der Waals surface area contributed by atoms with Crippen molar-refractivity contribution in [3.63, 3.8) is 0 Å².